The summed E-state index contributed by atoms with van der Waals surface area (Å²) in [5.74, 6) is -0.271. The summed E-state index contributed by atoms with van der Waals surface area (Å²) in [6, 6.07) is -0.0284. The molecule has 2 unspecified atom stereocenters. The molecule has 0 aliphatic carbocycles. The molecule has 4 heterocycles. The topological polar surface area (TPSA) is 135 Å². The van der Waals surface area contributed by atoms with Crippen LogP contribution in [0.1, 0.15) is 32.6 Å². The maximum Gasteiger partial charge on any atom is 0.440 e. The number of aromatic amines is 1. The lowest BCUT2D eigenvalue weighted by Gasteiger charge is -2.37. The number of aromatic nitrogens is 2. The zero-order valence-corrected chi connectivity index (χ0v) is 18.4. The number of piperazine rings is 1. The highest BCUT2D eigenvalue weighted by Gasteiger charge is 2.42. The molecule has 12 nitrogen and oxygen atoms in total. The molecule has 1 aromatic heterocycles. The number of carbonyl (C=O) groups is 2. The number of piperidine rings is 1. The number of hydrogen-bond donors (Lipinski definition) is 2. The summed E-state index contributed by atoms with van der Waals surface area (Å²) in [5, 5.41) is 12.7. The Kier molecular flexibility index (Phi) is 6.99. The number of amides is 1. The number of carboxylic acids is 1. The number of ether oxygens (including phenoxy) is 1. The highest BCUT2D eigenvalue weighted by molar-refractivity contribution is 5.70. The third-order valence-corrected chi connectivity index (χ3v) is 6.84. The number of anilines is 1. The minimum Gasteiger partial charge on any atom is -0.480 e. The Morgan fingerprint density at radius 3 is 2.50 bits per heavy atom. The molecule has 32 heavy (non-hydrogen) atoms. The van der Waals surface area contributed by atoms with E-state index in [0.717, 1.165) is 38.8 Å². The monoisotopic (exact) mass is 452 g/mol. The van der Waals surface area contributed by atoms with Crippen molar-refractivity contribution >= 4 is 18.0 Å². The van der Waals surface area contributed by atoms with Gasteiger partial charge in [0.05, 0.1) is 12.6 Å². The average Bonchev–Trinajstić information content (AvgIpc) is 3.32. The van der Waals surface area contributed by atoms with Gasteiger partial charge in [-0.3, -0.25) is 24.1 Å². The smallest absolute Gasteiger partial charge is 0.440 e. The molecule has 1 aromatic rings. The van der Waals surface area contributed by atoms with Gasteiger partial charge >= 0.3 is 17.8 Å². The van der Waals surface area contributed by atoms with E-state index >= 15 is 0 Å². The Morgan fingerprint density at radius 1 is 1.16 bits per heavy atom. The van der Waals surface area contributed by atoms with E-state index in [1.165, 1.54) is 0 Å². The molecule has 12 heteroatoms. The lowest BCUT2D eigenvalue weighted by Crippen LogP contribution is -2.54. The molecule has 3 aliphatic heterocycles. The maximum atomic E-state index is 12.5. The van der Waals surface area contributed by atoms with Crippen molar-refractivity contribution in [2.24, 2.45) is 5.92 Å². The Balaban J connectivity index is 1.18. The van der Waals surface area contributed by atoms with Crippen molar-refractivity contribution in [3.8, 4) is 0 Å². The van der Waals surface area contributed by atoms with Crippen LogP contribution in [0, 0.1) is 5.92 Å². The summed E-state index contributed by atoms with van der Waals surface area (Å²) < 4.78 is 10.3. The van der Waals surface area contributed by atoms with Gasteiger partial charge in [-0.05, 0) is 43.7 Å². The van der Waals surface area contributed by atoms with E-state index in [1.807, 2.05) is 21.6 Å². The number of nitrogens with one attached hydrogen (secondary N) is 1. The van der Waals surface area contributed by atoms with Crippen LogP contribution >= 0.6 is 0 Å². The molecule has 0 spiro atoms. The fraction of sp³-hybridized carbons (Fsp3) is 0.800. The van der Waals surface area contributed by atoms with Crippen LogP contribution in [0.2, 0.25) is 0 Å². The number of rotatable bonds is 8. The fourth-order valence-corrected chi connectivity index (χ4v) is 4.97. The Bertz CT molecular complexity index is 842. The molecule has 4 rings (SSSR count). The van der Waals surface area contributed by atoms with Gasteiger partial charge in [-0.25, -0.2) is 9.59 Å². The number of hydrogen-bond acceptors (Lipinski definition) is 9. The Hall–Kier alpha value is -2.60. The van der Waals surface area contributed by atoms with Gasteiger partial charge in [-0.2, -0.15) is 0 Å². The number of carbonyl (C=O) groups excluding carboxylic acids is 1. The van der Waals surface area contributed by atoms with E-state index in [9.17, 15) is 14.4 Å². The summed E-state index contributed by atoms with van der Waals surface area (Å²) in [4.78, 5) is 45.0. The van der Waals surface area contributed by atoms with Crippen molar-refractivity contribution in [2.75, 3.05) is 57.3 Å². The second kappa shape index (κ2) is 9.90. The van der Waals surface area contributed by atoms with Gasteiger partial charge in [0, 0.05) is 45.8 Å². The number of nitrogens with zero attached hydrogens (tertiary/aromatic N) is 5. The Labute approximate surface area is 186 Å². The van der Waals surface area contributed by atoms with Crippen molar-refractivity contribution in [3.63, 3.8) is 0 Å². The molecule has 0 radical (unpaired) electrons. The fourth-order valence-electron chi connectivity index (χ4n) is 4.97. The van der Waals surface area contributed by atoms with Crippen molar-refractivity contribution in [1.82, 2.24) is 24.8 Å². The molecule has 0 aromatic carbocycles. The highest BCUT2D eigenvalue weighted by atomic mass is 16.6. The summed E-state index contributed by atoms with van der Waals surface area (Å²) in [6.45, 7) is 7.11. The van der Waals surface area contributed by atoms with Crippen molar-refractivity contribution in [2.45, 2.75) is 44.9 Å². The average molecular weight is 453 g/mol. The van der Waals surface area contributed by atoms with Crippen LogP contribution in [-0.4, -0.2) is 107 Å². The summed E-state index contributed by atoms with van der Waals surface area (Å²) in [6.07, 6.45) is 3.45. The Morgan fingerprint density at radius 2 is 1.88 bits per heavy atom. The van der Waals surface area contributed by atoms with Crippen molar-refractivity contribution < 1.29 is 24.0 Å². The molecule has 0 saturated carbocycles. The van der Waals surface area contributed by atoms with Crippen molar-refractivity contribution in [3.05, 3.63) is 10.6 Å². The van der Waals surface area contributed by atoms with Gasteiger partial charge in [0.25, 0.3) is 0 Å². The molecule has 3 saturated heterocycles. The summed E-state index contributed by atoms with van der Waals surface area (Å²) >= 11 is 0. The first-order valence-electron chi connectivity index (χ1n) is 11.4. The molecule has 3 aliphatic rings. The molecule has 178 valence electrons. The van der Waals surface area contributed by atoms with Gasteiger partial charge < -0.3 is 19.6 Å². The van der Waals surface area contributed by atoms with Gasteiger partial charge in [-0.1, -0.05) is 0 Å². The second-order valence-corrected chi connectivity index (χ2v) is 8.91. The molecule has 2 atom stereocenters. The standard InChI is InChI=1S/C20H32N6O6/c1-14-17(24-11-9-23(10-12-24)13-16(27)28)31-20(30)26(14)6-2-3-15-4-7-25(8-5-15)18-21-19(29)32-22-18/h14-15,17H,2-13H2,1H3,(H,27,28)(H,21,22,29). The molecule has 3 fully saturated rings. The number of H-pyrrole nitrogens is 1. The van der Waals surface area contributed by atoms with Crippen LogP contribution < -0.4 is 10.7 Å². The van der Waals surface area contributed by atoms with Gasteiger partial charge in [-0.15, -0.1) is 0 Å². The normalized spacial score (nSPS) is 26.0. The first kappa shape index (κ1) is 22.6. The van der Waals surface area contributed by atoms with E-state index in [4.69, 9.17) is 9.84 Å². The maximum absolute atomic E-state index is 12.5. The van der Waals surface area contributed by atoms with Crippen LogP contribution in [-0.2, 0) is 9.53 Å². The van der Waals surface area contributed by atoms with Gasteiger partial charge in [0.1, 0.15) is 0 Å². The predicted octanol–water partition coefficient (Wildman–Crippen LogP) is 0.229. The number of carboxylic acid groups (broad SMARTS) is 1. The van der Waals surface area contributed by atoms with E-state index in [2.05, 4.69) is 19.6 Å². The van der Waals surface area contributed by atoms with Crippen LogP contribution in [0.15, 0.2) is 9.32 Å². The van der Waals surface area contributed by atoms with E-state index in [0.29, 0.717) is 44.6 Å². The quantitative estimate of drug-likeness (QED) is 0.564. The van der Waals surface area contributed by atoms with E-state index in [-0.39, 0.29) is 24.9 Å². The van der Waals surface area contributed by atoms with Crippen molar-refractivity contribution in [1.29, 1.82) is 0 Å². The summed E-state index contributed by atoms with van der Waals surface area (Å²) in [7, 11) is 0. The first-order valence-corrected chi connectivity index (χ1v) is 11.4. The minimum atomic E-state index is -0.816. The van der Waals surface area contributed by atoms with Crippen LogP contribution in [0.4, 0.5) is 10.7 Å². The molecule has 1 amide bonds. The zero-order valence-electron chi connectivity index (χ0n) is 18.4. The predicted molar refractivity (Wildman–Crippen MR) is 113 cm³/mol. The van der Waals surface area contributed by atoms with Crippen LogP contribution in [0.25, 0.3) is 0 Å². The number of cyclic esters (lactones) is 1. The second-order valence-electron chi connectivity index (χ2n) is 8.91. The summed E-state index contributed by atoms with van der Waals surface area (Å²) in [5.41, 5.74) is 0. The lowest BCUT2D eigenvalue weighted by atomic mass is 9.92. The molecular weight excluding hydrogens is 420 g/mol. The van der Waals surface area contributed by atoms with Gasteiger partial charge in [0.2, 0.25) is 5.95 Å². The third-order valence-electron chi connectivity index (χ3n) is 6.84. The van der Waals surface area contributed by atoms with Gasteiger partial charge in [0.15, 0.2) is 6.23 Å². The van der Waals surface area contributed by atoms with E-state index in [1.54, 1.807) is 0 Å². The highest BCUT2D eigenvalue weighted by Crippen LogP contribution is 2.27. The molecule has 0 bridgehead atoms. The SMILES string of the molecule is CC1C(N2CCN(CC(=O)O)CC2)OC(=O)N1CCCC1CCN(c2noc(=O)[nH]2)CC1. The largest absolute Gasteiger partial charge is 0.480 e. The lowest BCUT2D eigenvalue weighted by molar-refractivity contribution is -0.139. The van der Waals surface area contributed by atoms with Crippen LogP contribution in [0.5, 0.6) is 0 Å². The van der Waals surface area contributed by atoms with Crippen LogP contribution in [0.3, 0.4) is 0 Å². The minimum absolute atomic E-state index is 0.0284. The van der Waals surface area contributed by atoms with E-state index < -0.39 is 11.7 Å². The third kappa shape index (κ3) is 5.23. The molecular formula is C20H32N6O6. The number of aliphatic carboxylic acids is 1. The molecule has 2 N–H and O–H groups in total. The zero-order chi connectivity index (χ0) is 22.7. The first-order chi connectivity index (χ1) is 15.4.